The summed E-state index contributed by atoms with van der Waals surface area (Å²) >= 11 is 0. The van der Waals surface area contributed by atoms with Crippen LogP contribution < -0.4 is 5.32 Å². The van der Waals surface area contributed by atoms with Crippen LogP contribution in [0.15, 0.2) is 47.7 Å². The predicted octanol–water partition coefficient (Wildman–Crippen LogP) is 2.91. The summed E-state index contributed by atoms with van der Waals surface area (Å²) in [5, 5.41) is 7.79. The molecule has 0 spiro atoms. The number of nitrogens with one attached hydrogen (secondary N) is 1. The van der Waals surface area contributed by atoms with E-state index >= 15 is 0 Å². The molecule has 0 aliphatic carbocycles. The Morgan fingerprint density at radius 1 is 1.17 bits per heavy atom. The monoisotopic (exact) mass is 413 g/mol. The molecule has 1 saturated heterocycles. The van der Waals surface area contributed by atoms with E-state index in [-0.39, 0.29) is 0 Å². The van der Waals surface area contributed by atoms with Gasteiger partial charge in [0, 0.05) is 52.4 Å². The van der Waals surface area contributed by atoms with Gasteiger partial charge in [-0.15, -0.1) is 0 Å². The first-order valence-electron chi connectivity index (χ1n) is 11.0. The number of rotatable bonds is 10. The van der Waals surface area contributed by atoms with E-state index in [9.17, 15) is 0 Å². The fourth-order valence-electron chi connectivity index (χ4n) is 3.71. The lowest BCUT2D eigenvalue weighted by Gasteiger charge is -2.34. The van der Waals surface area contributed by atoms with Crippen LogP contribution >= 0.6 is 0 Å². The van der Waals surface area contributed by atoms with E-state index in [1.807, 2.05) is 23.1 Å². The standard InChI is InChI=1S/C23H35N5O2/c1-3-24-23(27-14-10-22(11-15-27)30-17-7-16-29-2)25-18-20-8-4-5-9-21(20)19-28-13-6-12-26-28/h4-6,8-9,12-13,22H,3,7,10-11,14-19H2,1-2H3,(H,24,25). The van der Waals surface area contributed by atoms with Crippen molar-refractivity contribution in [3.63, 3.8) is 0 Å². The smallest absolute Gasteiger partial charge is 0.194 e. The molecule has 0 unspecified atom stereocenters. The number of aliphatic imine (C=N–C) groups is 1. The average Bonchev–Trinajstić information content (AvgIpc) is 3.29. The van der Waals surface area contributed by atoms with Gasteiger partial charge in [0.25, 0.3) is 0 Å². The highest BCUT2D eigenvalue weighted by atomic mass is 16.5. The highest BCUT2D eigenvalue weighted by molar-refractivity contribution is 5.80. The maximum absolute atomic E-state index is 5.99. The van der Waals surface area contributed by atoms with Crippen LogP contribution in [0.3, 0.4) is 0 Å². The van der Waals surface area contributed by atoms with Gasteiger partial charge >= 0.3 is 0 Å². The molecule has 0 amide bonds. The second-order valence-corrected chi connectivity index (χ2v) is 7.55. The third kappa shape index (κ3) is 6.85. The minimum Gasteiger partial charge on any atom is -0.385 e. The number of hydrogen-bond acceptors (Lipinski definition) is 4. The molecular formula is C23H35N5O2. The van der Waals surface area contributed by atoms with Crippen LogP contribution in [-0.4, -0.2) is 66.7 Å². The third-order valence-electron chi connectivity index (χ3n) is 5.33. The second-order valence-electron chi connectivity index (χ2n) is 7.55. The van der Waals surface area contributed by atoms with E-state index in [2.05, 4.69) is 46.5 Å². The van der Waals surface area contributed by atoms with Gasteiger partial charge < -0.3 is 19.7 Å². The first kappa shape index (κ1) is 22.3. The van der Waals surface area contributed by atoms with Crippen molar-refractivity contribution in [1.29, 1.82) is 0 Å². The Kier molecular flexibility index (Phi) is 9.18. The molecule has 0 saturated carbocycles. The van der Waals surface area contributed by atoms with Crippen LogP contribution in [0.4, 0.5) is 0 Å². The van der Waals surface area contributed by atoms with E-state index in [0.717, 1.165) is 64.6 Å². The summed E-state index contributed by atoms with van der Waals surface area (Å²) < 4.78 is 13.0. The Hall–Kier alpha value is -2.38. The molecule has 1 N–H and O–H groups in total. The molecule has 1 aromatic heterocycles. The van der Waals surface area contributed by atoms with E-state index in [1.54, 1.807) is 7.11 Å². The second kappa shape index (κ2) is 12.3. The molecule has 1 aliphatic heterocycles. The zero-order valence-electron chi connectivity index (χ0n) is 18.3. The molecule has 0 radical (unpaired) electrons. The summed E-state index contributed by atoms with van der Waals surface area (Å²) in [5.41, 5.74) is 2.49. The molecule has 2 aromatic rings. The number of benzene rings is 1. The Labute approximate surface area is 180 Å². The van der Waals surface area contributed by atoms with Gasteiger partial charge in [-0.25, -0.2) is 4.99 Å². The van der Waals surface area contributed by atoms with Crippen LogP contribution in [0.5, 0.6) is 0 Å². The van der Waals surface area contributed by atoms with Crippen molar-refractivity contribution >= 4 is 5.96 Å². The van der Waals surface area contributed by atoms with Crippen LogP contribution in [0.25, 0.3) is 0 Å². The topological polar surface area (TPSA) is 63.9 Å². The first-order chi connectivity index (χ1) is 14.8. The summed E-state index contributed by atoms with van der Waals surface area (Å²) in [6.45, 7) is 7.88. The Morgan fingerprint density at radius 3 is 2.67 bits per heavy atom. The van der Waals surface area contributed by atoms with Gasteiger partial charge in [-0.1, -0.05) is 24.3 Å². The predicted molar refractivity (Wildman–Crippen MR) is 120 cm³/mol. The van der Waals surface area contributed by atoms with Gasteiger partial charge in [0.15, 0.2) is 5.96 Å². The maximum Gasteiger partial charge on any atom is 0.194 e. The number of methoxy groups -OCH3 is 1. The molecule has 1 fully saturated rings. The van der Waals surface area contributed by atoms with Crippen molar-refractivity contribution in [2.45, 2.75) is 45.4 Å². The van der Waals surface area contributed by atoms with Crippen LogP contribution in [0, 0.1) is 0 Å². The normalized spacial score (nSPS) is 15.5. The van der Waals surface area contributed by atoms with E-state index in [1.165, 1.54) is 11.1 Å². The summed E-state index contributed by atoms with van der Waals surface area (Å²) in [6, 6.07) is 10.4. The van der Waals surface area contributed by atoms with Crippen LogP contribution in [-0.2, 0) is 22.6 Å². The fourth-order valence-corrected chi connectivity index (χ4v) is 3.71. The van der Waals surface area contributed by atoms with Gasteiger partial charge in [0.05, 0.1) is 19.2 Å². The summed E-state index contributed by atoms with van der Waals surface area (Å²) in [6.07, 6.45) is 7.18. The van der Waals surface area contributed by atoms with Crippen molar-refractivity contribution < 1.29 is 9.47 Å². The summed E-state index contributed by atoms with van der Waals surface area (Å²) in [5.74, 6) is 0.990. The van der Waals surface area contributed by atoms with Gasteiger partial charge in [-0.3, -0.25) is 4.68 Å². The summed E-state index contributed by atoms with van der Waals surface area (Å²) in [4.78, 5) is 7.31. The Balaban J connectivity index is 1.57. The number of nitrogens with zero attached hydrogens (tertiary/aromatic N) is 4. The SMILES string of the molecule is CCNC(=NCc1ccccc1Cn1cccn1)N1CCC(OCCCOC)CC1. The molecule has 164 valence electrons. The fraction of sp³-hybridized carbons (Fsp3) is 0.565. The van der Waals surface area contributed by atoms with Crippen molar-refractivity contribution in [1.82, 2.24) is 20.0 Å². The lowest BCUT2D eigenvalue weighted by atomic mass is 10.1. The number of hydrogen-bond donors (Lipinski definition) is 1. The number of likely N-dealkylation sites (tertiary alicyclic amines) is 1. The van der Waals surface area contributed by atoms with E-state index < -0.39 is 0 Å². The number of ether oxygens (including phenoxy) is 2. The highest BCUT2D eigenvalue weighted by Crippen LogP contribution is 2.16. The average molecular weight is 414 g/mol. The maximum atomic E-state index is 5.99. The largest absolute Gasteiger partial charge is 0.385 e. The molecule has 0 atom stereocenters. The third-order valence-corrected chi connectivity index (χ3v) is 5.33. The minimum absolute atomic E-state index is 0.343. The van der Waals surface area contributed by atoms with Crippen molar-refractivity contribution in [3.8, 4) is 0 Å². The van der Waals surface area contributed by atoms with Crippen molar-refractivity contribution in [2.24, 2.45) is 4.99 Å². The molecule has 3 rings (SSSR count). The lowest BCUT2D eigenvalue weighted by Crippen LogP contribution is -2.47. The van der Waals surface area contributed by atoms with Crippen molar-refractivity contribution in [2.75, 3.05) is 40.0 Å². The quantitative estimate of drug-likeness (QED) is 0.369. The molecule has 1 aliphatic rings. The van der Waals surface area contributed by atoms with Gasteiger partial charge in [0.2, 0.25) is 0 Å². The molecule has 7 heteroatoms. The molecular weight excluding hydrogens is 378 g/mol. The lowest BCUT2D eigenvalue weighted by molar-refractivity contribution is 0.00990. The zero-order valence-corrected chi connectivity index (χ0v) is 18.3. The molecule has 0 bridgehead atoms. The number of aromatic nitrogens is 2. The van der Waals surface area contributed by atoms with Gasteiger partial charge in [0.1, 0.15) is 0 Å². The van der Waals surface area contributed by atoms with Gasteiger partial charge in [-0.2, -0.15) is 5.10 Å². The first-order valence-corrected chi connectivity index (χ1v) is 11.0. The number of piperidine rings is 1. The Bertz CT molecular complexity index is 755. The Morgan fingerprint density at radius 2 is 1.97 bits per heavy atom. The van der Waals surface area contributed by atoms with Crippen LogP contribution in [0.2, 0.25) is 0 Å². The molecule has 30 heavy (non-hydrogen) atoms. The summed E-state index contributed by atoms with van der Waals surface area (Å²) in [7, 11) is 1.73. The zero-order chi connectivity index (χ0) is 21.0. The van der Waals surface area contributed by atoms with Crippen molar-refractivity contribution in [3.05, 3.63) is 53.9 Å². The minimum atomic E-state index is 0.343. The highest BCUT2D eigenvalue weighted by Gasteiger charge is 2.21. The molecule has 1 aromatic carbocycles. The number of guanidine groups is 1. The van der Waals surface area contributed by atoms with Crippen LogP contribution in [0.1, 0.15) is 37.3 Å². The van der Waals surface area contributed by atoms with E-state index in [4.69, 9.17) is 14.5 Å². The van der Waals surface area contributed by atoms with E-state index in [0.29, 0.717) is 12.6 Å². The van der Waals surface area contributed by atoms with Gasteiger partial charge in [-0.05, 0) is 43.4 Å². The molecule has 2 heterocycles. The molecule has 7 nitrogen and oxygen atoms in total.